The molecule has 48 valence electrons. The van der Waals surface area contributed by atoms with Crippen molar-refractivity contribution >= 4 is 20.7 Å². The van der Waals surface area contributed by atoms with Crippen LogP contribution in [0.5, 0.6) is 0 Å². The van der Waals surface area contributed by atoms with Crippen molar-refractivity contribution in [2.75, 3.05) is 0 Å². The van der Waals surface area contributed by atoms with Gasteiger partial charge in [-0.3, -0.25) is 0 Å². The molecule has 0 atom stereocenters. The van der Waals surface area contributed by atoms with Gasteiger partial charge in [0, 0.05) is 4.37 Å². The summed E-state index contributed by atoms with van der Waals surface area (Å²) >= 11 is 4.61. The standard InChI is InChI=1S/C6H14SSi/c1-8(2,3)6(7)4-5-6/h7H,4-5H2,1-3H3. The molecule has 1 aliphatic rings. The van der Waals surface area contributed by atoms with Crippen molar-refractivity contribution in [1.82, 2.24) is 0 Å². The third kappa shape index (κ3) is 0.959. The fourth-order valence-electron chi connectivity index (χ4n) is 0.868. The van der Waals surface area contributed by atoms with E-state index in [9.17, 15) is 0 Å². The van der Waals surface area contributed by atoms with E-state index in [-0.39, 0.29) is 0 Å². The highest BCUT2D eigenvalue weighted by Crippen LogP contribution is 2.49. The van der Waals surface area contributed by atoms with Crippen LogP contribution in [0.15, 0.2) is 0 Å². The van der Waals surface area contributed by atoms with Crippen molar-refractivity contribution in [3.63, 3.8) is 0 Å². The van der Waals surface area contributed by atoms with E-state index < -0.39 is 8.07 Å². The van der Waals surface area contributed by atoms with Gasteiger partial charge in [0.25, 0.3) is 0 Å². The molecule has 0 spiro atoms. The summed E-state index contributed by atoms with van der Waals surface area (Å²) in [5.41, 5.74) is 0. The van der Waals surface area contributed by atoms with Crippen LogP contribution in [0.1, 0.15) is 12.8 Å². The lowest BCUT2D eigenvalue weighted by molar-refractivity contribution is 1.26. The van der Waals surface area contributed by atoms with Crippen molar-refractivity contribution in [1.29, 1.82) is 0 Å². The maximum Gasteiger partial charge on any atom is 0.0622 e. The average molecular weight is 146 g/mol. The first-order valence-electron chi connectivity index (χ1n) is 3.18. The molecule has 0 N–H and O–H groups in total. The Morgan fingerprint density at radius 3 is 1.62 bits per heavy atom. The molecule has 0 aliphatic heterocycles. The maximum absolute atomic E-state index is 4.61. The van der Waals surface area contributed by atoms with Crippen LogP contribution in [-0.2, 0) is 0 Å². The summed E-state index contributed by atoms with van der Waals surface area (Å²) in [5.74, 6) is 0. The van der Waals surface area contributed by atoms with E-state index in [1.165, 1.54) is 12.8 Å². The molecule has 0 saturated heterocycles. The second kappa shape index (κ2) is 1.54. The molecule has 0 heterocycles. The summed E-state index contributed by atoms with van der Waals surface area (Å²) in [6.07, 6.45) is 2.73. The zero-order valence-corrected chi connectivity index (χ0v) is 7.76. The molecule has 8 heavy (non-hydrogen) atoms. The predicted molar refractivity (Wildman–Crippen MR) is 44.3 cm³/mol. The normalized spacial score (nSPS) is 25.5. The van der Waals surface area contributed by atoms with Gasteiger partial charge in [-0.25, -0.2) is 0 Å². The van der Waals surface area contributed by atoms with Gasteiger partial charge in [-0.1, -0.05) is 19.6 Å². The van der Waals surface area contributed by atoms with Crippen molar-refractivity contribution in [2.45, 2.75) is 36.9 Å². The second-order valence-electron chi connectivity index (χ2n) is 3.78. The Morgan fingerprint density at radius 1 is 1.25 bits per heavy atom. The first-order chi connectivity index (χ1) is 3.46. The molecule has 0 unspecified atom stereocenters. The molecule has 0 radical (unpaired) electrons. The van der Waals surface area contributed by atoms with Gasteiger partial charge in [-0.05, 0) is 12.8 Å². The molecule has 0 bridgehead atoms. The van der Waals surface area contributed by atoms with Gasteiger partial charge in [0.1, 0.15) is 0 Å². The molecule has 0 aromatic heterocycles. The largest absolute Gasteiger partial charge is 0.176 e. The van der Waals surface area contributed by atoms with Crippen LogP contribution in [0.3, 0.4) is 0 Å². The summed E-state index contributed by atoms with van der Waals surface area (Å²) in [6, 6.07) is 0. The molecular formula is C6H14SSi. The van der Waals surface area contributed by atoms with E-state index in [1.807, 2.05) is 0 Å². The molecule has 1 fully saturated rings. The van der Waals surface area contributed by atoms with Crippen LogP contribution in [0.25, 0.3) is 0 Å². The summed E-state index contributed by atoms with van der Waals surface area (Å²) in [4.78, 5) is 0. The summed E-state index contributed by atoms with van der Waals surface area (Å²) in [6.45, 7) is 7.19. The van der Waals surface area contributed by atoms with E-state index >= 15 is 0 Å². The molecule has 0 aromatic carbocycles. The molecule has 1 saturated carbocycles. The highest BCUT2D eigenvalue weighted by Gasteiger charge is 2.49. The molecule has 0 aromatic rings. The van der Waals surface area contributed by atoms with E-state index in [0.717, 1.165) is 0 Å². The first kappa shape index (κ1) is 6.68. The zero-order valence-electron chi connectivity index (χ0n) is 5.86. The number of hydrogen-bond acceptors (Lipinski definition) is 1. The fraction of sp³-hybridized carbons (Fsp3) is 1.00. The Hall–Kier alpha value is 0.567. The minimum absolute atomic E-state index is 0.521. The van der Waals surface area contributed by atoms with Crippen LogP contribution < -0.4 is 0 Å². The van der Waals surface area contributed by atoms with E-state index in [0.29, 0.717) is 4.37 Å². The quantitative estimate of drug-likeness (QED) is 0.426. The van der Waals surface area contributed by atoms with Gasteiger partial charge in [0.2, 0.25) is 0 Å². The van der Waals surface area contributed by atoms with E-state index in [2.05, 4.69) is 32.3 Å². The lowest BCUT2D eigenvalue weighted by Gasteiger charge is -2.22. The smallest absolute Gasteiger partial charge is 0.0622 e. The third-order valence-corrected chi connectivity index (χ3v) is 7.87. The molecule has 1 rings (SSSR count). The summed E-state index contributed by atoms with van der Waals surface area (Å²) in [7, 11) is -0.883. The summed E-state index contributed by atoms with van der Waals surface area (Å²) < 4.78 is 0.521. The van der Waals surface area contributed by atoms with Gasteiger partial charge in [-0.2, -0.15) is 12.6 Å². The Kier molecular flexibility index (Phi) is 1.28. The molecule has 2 heteroatoms. The van der Waals surface area contributed by atoms with Crippen LogP contribution in [0, 0.1) is 0 Å². The van der Waals surface area contributed by atoms with Crippen molar-refractivity contribution in [3.8, 4) is 0 Å². The zero-order chi connectivity index (χ0) is 6.41. The maximum atomic E-state index is 4.61. The SMILES string of the molecule is C[Si](C)(C)C1(S)CC1. The van der Waals surface area contributed by atoms with Gasteiger partial charge in [-0.15, -0.1) is 0 Å². The van der Waals surface area contributed by atoms with Gasteiger partial charge in [0.15, 0.2) is 0 Å². The van der Waals surface area contributed by atoms with Crippen LogP contribution in [0.2, 0.25) is 19.6 Å². The van der Waals surface area contributed by atoms with Crippen LogP contribution in [-0.4, -0.2) is 12.4 Å². The van der Waals surface area contributed by atoms with Gasteiger partial charge < -0.3 is 0 Å². The topological polar surface area (TPSA) is 0 Å². The Labute approximate surface area is 58.1 Å². The third-order valence-electron chi connectivity index (χ3n) is 2.12. The van der Waals surface area contributed by atoms with Gasteiger partial charge >= 0.3 is 0 Å². The highest BCUT2D eigenvalue weighted by molar-refractivity contribution is 7.84. The monoisotopic (exact) mass is 146 g/mol. The number of hydrogen-bond donors (Lipinski definition) is 1. The Bertz CT molecular complexity index is 96.3. The first-order valence-corrected chi connectivity index (χ1v) is 7.13. The molecular weight excluding hydrogens is 132 g/mol. The van der Waals surface area contributed by atoms with Crippen LogP contribution >= 0.6 is 12.6 Å². The average Bonchev–Trinajstić information content (AvgIpc) is 2.16. The fourth-order valence-corrected chi connectivity index (χ4v) is 2.61. The molecule has 1 aliphatic carbocycles. The second-order valence-corrected chi connectivity index (χ2v) is 10.5. The lowest BCUT2D eigenvalue weighted by Crippen LogP contribution is -2.35. The lowest BCUT2D eigenvalue weighted by atomic mass is 10.9. The van der Waals surface area contributed by atoms with Crippen molar-refractivity contribution in [3.05, 3.63) is 0 Å². The van der Waals surface area contributed by atoms with E-state index in [4.69, 9.17) is 0 Å². The van der Waals surface area contributed by atoms with Gasteiger partial charge in [0.05, 0.1) is 8.07 Å². The number of rotatable bonds is 1. The summed E-state index contributed by atoms with van der Waals surface area (Å²) in [5, 5.41) is 0. The molecule has 0 nitrogen and oxygen atoms in total. The predicted octanol–water partition coefficient (Wildman–Crippen LogP) is 2.33. The van der Waals surface area contributed by atoms with Crippen molar-refractivity contribution in [2.24, 2.45) is 0 Å². The Balaban J connectivity index is 2.58. The van der Waals surface area contributed by atoms with Crippen molar-refractivity contribution < 1.29 is 0 Å². The minimum atomic E-state index is -0.883. The minimum Gasteiger partial charge on any atom is -0.176 e. The van der Waals surface area contributed by atoms with E-state index in [1.54, 1.807) is 0 Å². The number of thiol groups is 1. The molecule has 0 amide bonds. The highest BCUT2D eigenvalue weighted by atomic mass is 32.1. The van der Waals surface area contributed by atoms with Crippen LogP contribution in [0.4, 0.5) is 0 Å². The Morgan fingerprint density at radius 2 is 1.62 bits per heavy atom.